The Morgan fingerprint density at radius 3 is 2.43 bits per heavy atom. The maximum Gasteiger partial charge on any atom is 0.271 e. The molecule has 1 amide bonds. The first kappa shape index (κ1) is 28.9. The molecule has 1 heterocycles. The predicted molar refractivity (Wildman–Crippen MR) is 172 cm³/mol. The first-order valence-corrected chi connectivity index (χ1v) is 14.5. The van der Waals surface area contributed by atoms with Crippen LogP contribution in [-0.2, 0) is 6.61 Å². The second-order valence-electron chi connectivity index (χ2n) is 9.85. The Hall–Kier alpha value is -4.62. The van der Waals surface area contributed by atoms with Gasteiger partial charge in [0.05, 0.1) is 23.0 Å². The Labute approximate surface area is 254 Å². The Morgan fingerprint density at radius 2 is 1.69 bits per heavy atom. The van der Waals surface area contributed by atoms with E-state index in [4.69, 9.17) is 9.47 Å². The van der Waals surface area contributed by atoms with E-state index >= 15 is 0 Å². The average molecular weight is 623 g/mol. The molecule has 212 valence electrons. The van der Waals surface area contributed by atoms with Crippen molar-refractivity contribution in [1.29, 1.82) is 0 Å². The molecule has 0 unspecified atom stereocenters. The van der Waals surface area contributed by atoms with E-state index in [1.165, 1.54) is 5.56 Å². The van der Waals surface area contributed by atoms with Crippen LogP contribution in [0.3, 0.4) is 0 Å². The maximum atomic E-state index is 12.8. The van der Waals surface area contributed by atoms with E-state index in [0.717, 1.165) is 38.2 Å². The zero-order chi connectivity index (χ0) is 29.5. The highest BCUT2D eigenvalue weighted by molar-refractivity contribution is 9.10. The predicted octanol–water partition coefficient (Wildman–Crippen LogP) is 8.27. The van der Waals surface area contributed by atoms with E-state index < -0.39 is 0 Å². The summed E-state index contributed by atoms with van der Waals surface area (Å²) in [7, 11) is 0. The molecular weight excluding hydrogens is 590 g/mol. The summed E-state index contributed by atoms with van der Waals surface area (Å²) in [5.74, 6) is 0.915. The van der Waals surface area contributed by atoms with Gasteiger partial charge in [-0.1, -0.05) is 60.2 Å². The summed E-state index contributed by atoms with van der Waals surface area (Å²) in [6, 6.07) is 33.9. The fourth-order valence-corrected chi connectivity index (χ4v) is 5.30. The van der Waals surface area contributed by atoms with Gasteiger partial charge < -0.3 is 14.0 Å². The number of carbonyl (C=O) groups is 1. The molecule has 0 aliphatic carbocycles. The molecule has 1 aromatic heterocycles. The van der Waals surface area contributed by atoms with Gasteiger partial charge in [-0.15, -0.1) is 0 Å². The molecule has 7 heteroatoms. The number of hydrazone groups is 1. The van der Waals surface area contributed by atoms with Crippen LogP contribution in [0.4, 0.5) is 0 Å². The molecule has 0 aliphatic rings. The Kier molecular flexibility index (Phi) is 9.19. The van der Waals surface area contributed by atoms with E-state index in [1.54, 1.807) is 18.3 Å². The number of halogens is 1. The lowest BCUT2D eigenvalue weighted by molar-refractivity contribution is 0.0955. The lowest BCUT2D eigenvalue weighted by Gasteiger charge is -2.15. The first-order valence-electron chi connectivity index (χ1n) is 13.7. The standard InChI is InChI=1S/C35H32BrN3O3/c1-4-41-33-21-27(20-31(36)34(33)42-23-26-10-8-9-24(2)19-26)22-37-38-35(40)29-14-16-30(17-15-29)39-25(3)13-18-32(39)28-11-6-5-7-12-28/h5-22H,4,23H2,1-3H3,(H,38,40)/b37-22+. The van der Waals surface area contributed by atoms with Crippen LogP contribution < -0.4 is 14.9 Å². The van der Waals surface area contributed by atoms with Crippen LogP contribution in [0.5, 0.6) is 11.5 Å². The summed E-state index contributed by atoms with van der Waals surface area (Å²) in [5.41, 5.74) is 10.5. The van der Waals surface area contributed by atoms with Crippen LogP contribution in [0.1, 0.15) is 39.7 Å². The molecule has 42 heavy (non-hydrogen) atoms. The van der Waals surface area contributed by atoms with Crippen molar-refractivity contribution in [1.82, 2.24) is 9.99 Å². The second kappa shape index (κ2) is 13.4. The van der Waals surface area contributed by atoms with E-state index in [0.29, 0.717) is 30.3 Å². The minimum absolute atomic E-state index is 0.299. The van der Waals surface area contributed by atoms with E-state index in [2.05, 4.69) is 81.3 Å². The molecule has 0 saturated heterocycles. The maximum absolute atomic E-state index is 12.8. The van der Waals surface area contributed by atoms with Crippen LogP contribution in [0.2, 0.25) is 0 Å². The highest BCUT2D eigenvalue weighted by Gasteiger charge is 2.13. The van der Waals surface area contributed by atoms with E-state index in [9.17, 15) is 4.79 Å². The Morgan fingerprint density at radius 1 is 0.905 bits per heavy atom. The highest BCUT2D eigenvalue weighted by atomic mass is 79.9. The number of nitrogens with zero attached hydrogens (tertiary/aromatic N) is 2. The second-order valence-corrected chi connectivity index (χ2v) is 10.7. The summed E-state index contributed by atoms with van der Waals surface area (Å²) in [6.45, 7) is 6.94. The average Bonchev–Trinajstić information content (AvgIpc) is 3.38. The van der Waals surface area contributed by atoms with E-state index in [1.807, 2.05) is 61.5 Å². The number of aromatic nitrogens is 1. The minimum atomic E-state index is -0.299. The summed E-state index contributed by atoms with van der Waals surface area (Å²) in [5, 5.41) is 4.19. The lowest BCUT2D eigenvalue weighted by atomic mass is 10.1. The third-order valence-corrected chi connectivity index (χ3v) is 7.30. The van der Waals surface area contributed by atoms with Crippen molar-refractivity contribution >= 4 is 28.1 Å². The molecule has 0 bridgehead atoms. The zero-order valence-electron chi connectivity index (χ0n) is 23.8. The monoisotopic (exact) mass is 621 g/mol. The Balaban J connectivity index is 1.26. The molecular formula is C35H32BrN3O3. The molecule has 0 aliphatic heterocycles. The normalized spacial score (nSPS) is 11.0. The molecule has 1 N–H and O–H groups in total. The van der Waals surface area contributed by atoms with Crippen molar-refractivity contribution in [3.05, 3.63) is 136 Å². The van der Waals surface area contributed by atoms with Gasteiger partial charge in [0.25, 0.3) is 5.91 Å². The van der Waals surface area contributed by atoms with Gasteiger partial charge >= 0.3 is 0 Å². The van der Waals surface area contributed by atoms with Crippen molar-refractivity contribution in [3.63, 3.8) is 0 Å². The summed E-state index contributed by atoms with van der Waals surface area (Å²) in [4.78, 5) is 12.8. The number of hydrogen-bond acceptors (Lipinski definition) is 4. The van der Waals surface area contributed by atoms with Crippen LogP contribution in [0, 0.1) is 13.8 Å². The van der Waals surface area contributed by atoms with Crippen molar-refractivity contribution in [2.75, 3.05) is 6.61 Å². The number of nitrogens with one attached hydrogen (secondary N) is 1. The van der Waals surface area contributed by atoms with Gasteiger partial charge in [0.15, 0.2) is 11.5 Å². The van der Waals surface area contributed by atoms with Crippen molar-refractivity contribution in [2.45, 2.75) is 27.4 Å². The lowest BCUT2D eigenvalue weighted by Crippen LogP contribution is -2.17. The molecule has 5 aromatic rings. The zero-order valence-corrected chi connectivity index (χ0v) is 25.4. The number of aryl methyl sites for hydroxylation is 2. The van der Waals surface area contributed by atoms with Gasteiger partial charge in [0.2, 0.25) is 0 Å². The summed E-state index contributed by atoms with van der Waals surface area (Å²) in [6.07, 6.45) is 1.58. The SMILES string of the molecule is CCOc1cc(/C=N/NC(=O)c2ccc(-n3c(C)ccc3-c3ccccc3)cc2)cc(Br)c1OCc1cccc(C)c1. The van der Waals surface area contributed by atoms with E-state index in [-0.39, 0.29) is 5.91 Å². The van der Waals surface area contributed by atoms with Gasteiger partial charge in [0.1, 0.15) is 6.61 Å². The molecule has 0 atom stereocenters. The molecule has 0 saturated carbocycles. The van der Waals surface area contributed by atoms with Crippen molar-refractivity contribution < 1.29 is 14.3 Å². The summed E-state index contributed by atoms with van der Waals surface area (Å²) >= 11 is 3.61. The first-order chi connectivity index (χ1) is 20.4. The molecule has 5 rings (SSSR count). The van der Waals surface area contributed by atoms with Crippen LogP contribution in [0.15, 0.2) is 113 Å². The molecule has 0 spiro atoms. The third-order valence-electron chi connectivity index (χ3n) is 6.71. The smallest absolute Gasteiger partial charge is 0.271 e. The molecule has 0 radical (unpaired) electrons. The van der Waals surface area contributed by atoms with Gasteiger partial charge in [-0.3, -0.25) is 4.79 Å². The summed E-state index contributed by atoms with van der Waals surface area (Å²) < 4.78 is 14.9. The molecule has 4 aromatic carbocycles. The van der Waals surface area contributed by atoms with Crippen LogP contribution >= 0.6 is 15.9 Å². The number of carbonyl (C=O) groups excluding carboxylic acids is 1. The fourth-order valence-electron chi connectivity index (χ4n) is 4.73. The van der Waals surface area contributed by atoms with Crippen LogP contribution in [-0.4, -0.2) is 23.3 Å². The molecule has 0 fully saturated rings. The van der Waals surface area contributed by atoms with Crippen LogP contribution in [0.25, 0.3) is 16.9 Å². The highest BCUT2D eigenvalue weighted by Crippen LogP contribution is 2.37. The van der Waals surface area contributed by atoms with Gasteiger partial charge in [-0.25, -0.2) is 5.43 Å². The van der Waals surface area contributed by atoms with Crippen molar-refractivity contribution in [2.24, 2.45) is 5.10 Å². The number of rotatable bonds is 10. The van der Waals surface area contributed by atoms with Gasteiger partial charge in [0, 0.05) is 16.9 Å². The van der Waals surface area contributed by atoms with Gasteiger partial charge in [-0.2, -0.15) is 5.10 Å². The fraction of sp³-hybridized carbons (Fsp3) is 0.143. The quantitative estimate of drug-likeness (QED) is 0.126. The van der Waals surface area contributed by atoms with Crippen molar-refractivity contribution in [3.8, 4) is 28.4 Å². The largest absolute Gasteiger partial charge is 0.490 e. The number of hydrogen-bond donors (Lipinski definition) is 1. The number of ether oxygens (including phenoxy) is 2. The molecule has 6 nitrogen and oxygen atoms in total. The Bertz CT molecular complexity index is 1710. The number of benzene rings is 4. The van der Waals surface area contributed by atoms with Gasteiger partial charge in [-0.05, 0) is 102 Å². The third kappa shape index (κ3) is 6.81. The minimum Gasteiger partial charge on any atom is -0.490 e. The topological polar surface area (TPSA) is 64.8 Å². The number of amides is 1.